The molecule has 0 unspecified atom stereocenters. The highest BCUT2D eigenvalue weighted by atomic mass is 35.7. The van der Waals surface area contributed by atoms with Gasteiger partial charge in [-0.25, -0.2) is 8.42 Å². The molecular formula is C11H10ClN3O3S. The Hall–Kier alpha value is -1.44. The summed E-state index contributed by atoms with van der Waals surface area (Å²) in [6.45, 7) is 1.16. The maximum absolute atomic E-state index is 11.3. The van der Waals surface area contributed by atoms with E-state index in [0.717, 1.165) is 16.7 Å². The van der Waals surface area contributed by atoms with E-state index in [1.807, 2.05) is 18.2 Å². The van der Waals surface area contributed by atoms with Crippen LogP contribution in [-0.4, -0.2) is 23.2 Å². The summed E-state index contributed by atoms with van der Waals surface area (Å²) in [5, 5.41) is 7.24. The molecule has 0 radical (unpaired) electrons. The molecule has 0 N–H and O–H groups in total. The molecule has 0 atom stereocenters. The zero-order chi connectivity index (χ0) is 13.6. The Bertz CT molecular complexity index is 755. The van der Waals surface area contributed by atoms with E-state index in [2.05, 4.69) is 10.2 Å². The van der Waals surface area contributed by atoms with Gasteiger partial charge in [-0.1, -0.05) is 12.1 Å². The molecule has 0 aliphatic carbocycles. The van der Waals surface area contributed by atoms with E-state index in [4.69, 9.17) is 15.4 Å². The lowest BCUT2D eigenvalue weighted by Crippen LogP contribution is -2.03. The van der Waals surface area contributed by atoms with E-state index < -0.39 is 9.05 Å². The van der Waals surface area contributed by atoms with E-state index in [0.29, 0.717) is 19.0 Å². The molecular weight excluding hydrogens is 290 g/mol. The van der Waals surface area contributed by atoms with Gasteiger partial charge in [0.25, 0.3) is 14.2 Å². The van der Waals surface area contributed by atoms with Crippen LogP contribution in [0.25, 0.3) is 11.4 Å². The third-order valence-electron chi connectivity index (χ3n) is 3.03. The van der Waals surface area contributed by atoms with Crippen molar-refractivity contribution in [2.45, 2.75) is 18.4 Å². The molecule has 2 heterocycles. The Morgan fingerprint density at radius 2 is 2.00 bits per heavy atom. The number of ether oxygens (including phenoxy) is 1. The molecule has 0 saturated heterocycles. The van der Waals surface area contributed by atoms with Gasteiger partial charge in [0.1, 0.15) is 0 Å². The fourth-order valence-electron chi connectivity index (χ4n) is 2.09. The average Bonchev–Trinajstić information content (AvgIpc) is 2.92. The minimum atomic E-state index is -3.90. The summed E-state index contributed by atoms with van der Waals surface area (Å²) in [4.78, 5) is 0. The van der Waals surface area contributed by atoms with Crippen LogP contribution in [0.1, 0.15) is 11.1 Å². The van der Waals surface area contributed by atoms with Gasteiger partial charge in [0, 0.05) is 23.3 Å². The molecule has 1 aliphatic heterocycles. The number of aromatic nitrogens is 3. The van der Waals surface area contributed by atoms with Crippen LogP contribution >= 0.6 is 10.7 Å². The van der Waals surface area contributed by atoms with Crippen LogP contribution in [0.2, 0.25) is 0 Å². The van der Waals surface area contributed by atoms with Gasteiger partial charge in [0.2, 0.25) is 0 Å². The Morgan fingerprint density at radius 1 is 1.26 bits per heavy atom. The topological polar surface area (TPSA) is 74.1 Å². The largest absolute Gasteiger partial charge is 0.372 e. The van der Waals surface area contributed by atoms with Crippen molar-refractivity contribution in [1.29, 1.82) is 0 Å². The summed E-state index contributed by atoms with van der Waals surface area (Å²) < 4.78 is 29.3. The predicted octanol–water partition coefficient (Wildman–Crippen LogP) is 1.44. The van der Waals surface area contributed by atoms with Crippen molar-refractivity contribution in [3.8, 4) is 11.4 Å². The fourth-order valence-corrected chi connectivity index (χ4v) is 3.04. The van der Waals surface area contributed by atoms with Crippen LogP contribution < -0.4 is 0 Å². The third-order valence-corrected chi connectivity index (χ3v) is 4.24. The minimum absolute atomic E-state index is 0.263. The van der Waals surface area contributed by atoms with E-state index in [-0.39, 0.29) is 5.16 Å². The first kappa shape index (κ1) is 12.6. The average molecular weight is 300 g/mol. The molecule has 100 valence electrons. The van der Waals surface area contributed by atoms with E-state index in [1.54, 1.807) is 7.05 Å². The number of halogens is 1. The summed E-state index contributed by atoms with van der Waals surface area (Å²) >= 11 is 0. The molecule has 1 aromatic heterocycles. The molecule has 0 bridgehead atoms. The smallest absolute Gasteiger partial charge is 0.296 e. The van der Waals surface area contributed by atoms with Crippen molar-refractivity contribution in [2.24, 2.45) is 7.05 Å². The first-order chi connectivity index (χ1) is 8.97. The van der Waals surface area contributed by atoms with Crippen LogP contribution in [0, 0.1) is 0 Å². The lowest BCUT2D eigenvalue weighted by atomic mass is 10.1. The Kier molecular flexibility index (Phi) is 2.84. The number of hydrogen-bond acceptors (Lipinski definition) is 5. The van der Waals surface area contributed by atoms with Gasteiger partial charge in [0.15, 0.2) is 5.82 Å². The molecule has 0 saturated carbocycles. The second kappa shape index (κ2) is 4.29. The second-order valence-corrected chi connectivity index (χ2v) is 6.74. The molecule has 3 rings (SSSR count). The van der Waals surface area contributed by atoms with E-state index in [1.165, 1.54) is 4.57 Å². The number of benzene rings is 1. The SMILES string of the molecule is Cn1c(-c2ccc3c(c2)COC3)nnc1S(=O)(=O)Cl. The van der Waals surface area contributed by atoms with Gasteiger partial charge in [-0.05, 0) is 17.2 Å². The van der Waals surface area contributed by atoms with E-state index >= 15 is 0 Å². The van der Waals surface area contributed by atoms with Gasteiger partial charge in [-0.2, -0.15) is 0 Å². The van der Waals surface area contributed by atoms with Gasteiger partial charge in [-0.3, -0.25) is 4.57 Å². The Balaban J connectivity index is 2.11. The van der Waals surface area contributed by atoms with Crippen LogP contribution in [0.4, 0.5) is 0 Å². The van der Waals surface area contributed by atoms with Gasteiger partial charge >= 0.3 is 0 Å². The van der Waals surface area contributed by atoms with E-state index in [9.17, 15) is 8.42 Å². The van der Waals surface area contributed by atoms with Crippen LogP contribution in [0.3, 0.4) is 0 Å². The third kappa shape index (κ3) is 2.13. The summed E-state index contributed by atoms with van der Waals surface area (Å²) in [7, 11) is 2.96. The monoisotopic (exact) mass is 299 g/mol. The molecule has 1 aromatic carbocycles. The summed E-state index contributed by atoms with van der Waals surface area (Å²) in [6, 6.07) is 5.74. The Labute approximate surface area is 114 Å². The number of nitrogens with zero attached hydrogens (tertiary/aromatic N) is 3. The highest BCUT2D eigenvalue weighted by Gasteiger charge is 2.22. The quantitative estimate of drug-likeness (QED) is 0.785. The summed E-state index contributed by atoms with van der Waals surface area (Å²) in [6.07, 6.45) is 0. The van der Waals surface area contributed by atoms with Crippen molar-refractivity contribution in [3.63, 3.8) is 0 Å². The highest BCUT2D eigenvalue weighted by Crippen LogP contribution is 2.27. The first-order valence-corrected chi connectivity index (χ1v) is 7.82. The van der Waals surface area contributed by atoms with Crippen molar-refractivity contribution >= 4 is 19.7 Å². The molecule has 0 spiro atoms. The first-order valence-electron chi connectivity index (χ1n) is 5.51. The van der Waals surface area contributed by atoms with Crippen molar-refractivity contribution in [3.05, 3.63) is 29.3 Å². The van der Waals surface area contributed by atoms with Crippen LogP contribution in [0.5, 0.6) is 0 Å². The lowest BCUT2D eigenvalue weighted by Gasteiger charge is -2.04. The van der Waals surface area contributed by atoms with Crippen molar-refractivity contribution < 1.29 is 13.2 Å². The minimum Gasteiger partial charge on any atom is -0.372 e. The molecule has 8 heteroatoms. The number of hydrogen-bond donors (Lipinski definition) is 0. The summed E-state index contributed by atoms with van der Waals surface area (Å²) in [5.41, 5.74) is 3.00. The predicted molar refractivity (Wildman–Crippen MR) is 68.0 cm³/mol. The van der Waals surface area contributed by atoms with Crippen molar-refractivity contribution in [1.82, 2.24) is 14.8 Å². The zero-order valence-corrected chi connectivity index (χ0v) is 11.6. The Morgan fingerprint density at radius 3 is 2.68 bits per heavy atom. The standard InChI is InChI=1S/C11H10ClN3O3S/c1-15-10(13-14-11(15)19(12,16)17)7-2-3-8-5-18-6-9(8)4-7/h2-4H,5-6H2,1H3. The lowest BCUT2D eigenvalue weighted by molar-refractivity contribution is 0.134. The number of rotatable bonds is 2. The van der Waals surface area contributed by atoms with Crippen molar-refractivity contribution in [2.75, 3.05) is 0 Å². The summed E-state index contributed by atoms with van der Waals surface area (Å²) in [5.74, 6) is 0.453. The van der Waals surface area contributed by atoms with Gasteiger partial charge in [-0.15, -0.1) is 10.2 Å². The highest BCUT2D eigenvalue weighted by molar-refractivity contribution is 8.13. The number of fused-ring (bicyclic) bond motifs is 1. The molecule has 2 aromatic rings. The van der Waals surface area contributed by atoms with Crippen LogP contribution in [0.15, 0.2) is 23.4 Å². The fraction of sp³-hybridized carbons (Fsp3) is 0.273. The normalized spacial score (nSPS) is 14.6. The molecule has 6 nitrogen and oxygen atoms in total. The van der Waals surface area contributed by atoms with Gasteiger partial charge < -0.3 is 4.74 Å². The maximum Gasteiger partial charge on any atom is 0.296 e. The molecule has 19 heavy (non-hydrogen) atoms. The maximum atomic E-state index is 11.3. The van der Waals surface area contributed by atoms with Crippen LogP contribution in [-0.2, 0) is 34.0 Å². The molecule has 0 amide bonds. The second-order valence-electron chi connectivity index (χ2n) is 4.28. The van der Waals surface area contributed by atoms with Gasteiger partial charge in [0.05, 0.1) is 13.2 Å². The molecule has 0 fully saturated rings. The zero-order valence-electron chi connectivity index (χ0n) is 10.00. The molecule has 1 aliphatic rings.